The van der Waals surface area contributed by atoms with Gasteiger partial charge in [-0.3, -0.25) is 0 Å². The van der Waals surface area contributed by atoms with Crippen molar-refractivity contribution in [1.29, 1.82) is 0 Å². The lowest BCUT2D eigenvalue weighted by molar-refractivity contribution is -0.147. The summed E-state index contributed by atoms with van der Waals surface area (Å²) >= 11 is 0. The Morgan fingerprint density at radius 3 is 2.24 bits per heavy atom. The standard InChI is InChI=1S/C24H33NO8/c1-17(2)12-31-21(11-26)22(32-13-18(3)4)16-30-15-20(23(27)29-5)25-24(28)33-14-19-9-7-6-8-10-19/h6-11,20-22H,1,3,12-16H2,2,4-5H3,(H,25,28)/t20?,21-,22-/m0/s1. The fourth-order valence-corrected chi connectivity index (χ4v) is 2.48. The maximum absolute atomic E-state index is 12.1. The number of nitrogens with one attached hydrogen (secondary N) is 1. The third-order valence-electron chi connectivity index (χ3n) is 4.12. The molecule has 9 nitrogen and oxygen atoms in total. The summed E-state index contributed by atoms with van der Waals surface area (Å²) in [5.74, 6) is -0.712. The van der Waals surface area contributed by atoms with Gasteiger partial charge in [-0.1, -0.05) is 54.6 Å². The number of hydrogen-bond donors (Lipinski definition) is 1. The molecule has 0 aliphatic rings. The highest BCUT2D eigenvalue weighted by Crippen LogP contribution is 2.08. The average molecular weight is 464 g/mol. The Morgan fingerprint density at radius 1 is 1.03 bits per heavy atom. The molecule has 1 unspecified atom stereocenters. The van der Waals surface area contributed by atoms with E-state index in [0.717, 1.165) is 16.7 Å². The van der Waals surface area contributed by atoms with Gasteiger partial charge in [-0.15, -0.1) is 0 Å². The highest BCUT2D eigenvalue weighted by Gasteiger charge is 2.26. The summed E-state index contributed by atoms with van der Waals surface area (Å²) in [6.45, 7) is 11.2. The maximum Gasteiger partial charge on any atom is 0.408 e. The monoisotopic (exact) mass is 463 g/mol. The quantitative estimate of drug-likeness (QED) is 0.226. The smallest absolute Gasteiger partial charge is 0.408 e. The first kappa shape index (κ1) is 28.0. The van der Waals surface area contributed by atoms with Crippen molar-refractivity contribution in [3.8, 4) is 0 Å². The first-order valence-electron chi connectivity index (χ1n) is 10.4. The van der Waals surface area contributed by atoms with Gasteiger partial charge in [-0.25, -0.2) is 9.59 Å². The molecule has 1 aromatic carbocycles. The number of hydrogen-bond acceptors (Lipinski definition) is 8. The summed E-state index contributed by atoms with van der Waals surface area (Å²) in [7, 11) is 1.19. The predicted molar refractivity (Wildman–Crippen MR) is 122 cm³/mol. The van der Waals surface area contributed by atoms with E-state index in [4.69, 9.17) is 23.7 Å². The molecule has 0 aliphatic heterocycles. The van der Waals surface area contributed by atoms with Crippen LogP contribution in [0.25, 0.3) is 0 Å². The number of alkyl carbamates (subject to hydrolysis) is 1. The van der Waals surface area contributed by atoms with Crippen LogP contribution in [0.4, 0.5) is 4.79 Å². The Labute approximate surface area is 194 Å². The number of carbonyl (C=O) groups is 3. The Balaban J connectivity index is 2.66. The number of rotatable bonds is 16. The second-order valence-corrected chi connectivity index (χ2v) is 7.49. The minimum atomic E-state index is -1.12. The van der Waals surface area contributed by atoms with Crippen LogP contribution in [-0.2, 0) is 39.9 Å². The van der Waals surface area contributed by atoms with Crippen molar-refractivity contribution in [2.45, 2.75) is 38.7 Å². The van der Waals surface area contributed by atoms with E-state index in [1.807, 2.05) is 18.2 Å². The molecule has 1 aromatic rings. The van der Waals surface area contributed by atoms with Gasteiger partial charge in [0.2, 0.25) is 0 Å². The molecule has 0 saturated heterocycles. The SMILES string of the molecule is C=C(C)CO[C@@H](C=O)[C@H](COCC(NC(=O)OCc1ccccc1)C(=O)OC)OCC(=C)C. The molecule has 9 heteroatoms. The third kappa shape index (κ3) is 12.0. The van der Waals surface area contributed by atoms with E-state index in [9.17, 15) is 14.4 Å². The van der Waals surface area contributed by atoms with Crippen LogP contribution in [-0.4, -0.2) is 70.1 Å². The van der Waals surface area contributed by atoms with Crippen molar-refractivity contribution in [1.82, 2.24) is 5.32 Å². The minimum absolute atomic E-state index is 0.0410. The van der Waals surface area contributed by atoms with Gasteiger partial charge in [-0.2, -0.15) is 0 Å². The maximum atomic E-state index is 12.1. The Hall–Kier alpha value is -3.01. The number of aldehydes is 1. The molecule has 1 N–H and O–H groups in total. The average Bonchev–Trinajstić information content (AvgIpc) is 2.80. The summed E-state index contributed by atoms with van der Waals surface area (Å²) < 4.78 is 26.7. The van der Waals surface area contributed by atoms with E-state index in [2.05, 4.69) is 18.5 Å². The van der Waals surface area contributed by atoms with E-state index in [1.165, 1.54) is 7.11 Å². The number of benzene rings is 1. The van der Waals surface area contributed by atoms with E-state index in [0.29, 0.717) is 6.29 Å². The molecule has 0 aromatic heterocycles. The lowest BCUT2D eigenvalue weighted by Gasteiger charge is -2.25. The first-order chi connectivity index (χ1) is 15.8. The van der Waals surface area contributed by atoms with Crippen LogP contribution >= 0.6 is 0 Å². The highest BCUT2D eigenvalue weighted by molar-refractivity contribution is 5.81. The Bertz CT molecular complexity index is 780. The number of methoxy groups -OCH3 is 1. The number of esters is 1. The van der Waals surface area contributed by atoms with Crippen molar-refractivity contribution >= 4 is 18.3 Å². The van der Waals surface area contributed by atoms with Crippen LogP contribution in [0.15, 0.2) is 54.6 Å². The molecule has 0 bridgehead atoms. The zero-order chi connectivity index (χ0) is 24.6. The largest absolute Gasteiger partial charge is 0.467 e. The first-order valence-corrected chi connectivity index (χ1v) is 10.4. The molecular weight excluding hydrogens is 430 g/mol. The van der Waals surface area contributed by atoms with Crippen LogP contribution in [0.1, 0.15) is 19.4 Å². The summed E-state index contributed by atoms with van der Waals surface area (Å²) in [5, 5.41) is 2.42. The fraction of sp³-hybridized carbons (Fsp3) is 0.458. The van der Waals surface area contributed by atoms with Gasteiger partial charge >= 0.3 is 12.1 Å². The summed E-state index contributed by atoms with van der Waals surface area (Å²) in [6, 6.07) is 7.98. The zero-order valence-corrected chi connectivity index (χ0v) is 19.4. The van der Waals surface area contributed by atoms with Crippen LogP contribution < -0.4 is 5.32 Å². The molecule has 0 saturated carbocycles. The molecule has 33 heavy (non-hydrogen) atoms. The third-order valence-corrected chi connectivity index (χ3v) is 4.12. The van der Waals surface area contributed by atoms with Crippen LogP contribution in [0.2, 0.25) is 0 Å². The van der Waals surface area contributed by atoms with Crippen molar-refractivity contribution in [3.63, 3.8) is 0 Å². The minimum Gasteiger partial charge on any atom is -0.467 e. The van der Waals surface area contributed by atoms with Crippen molar-refractivity contribution < 1.29 is 38.1 Å². The van der Waals surface area contributed by atoms with Crippen LogP contribution in [0.3, 0.4) is 0 Å². The Kier molecular flexibility index (Phi) is 13.4. The lowest BCUT2D eigenvalue weighted by atomic mass is 10.2. The van der Waals surface area contributed by atoms with E-state index in [1.54, 1.807) is 26.0 Å². The molecule has 0 spiro atoms. The lowest BCUT2D eigenvalue weighted by Crippen LogP contribution is -2.46. The van der Waals surface area contributed by atoms with Gasteiger partial charge in [0.1, 0.15) is 18.8 Å². The van der Waals surface area contributed by atoms with Crippen molar-refractivity contribution in [2.75, 3.05) is 33.5 Å². The van der Waals surface area contributed by atoms with E-state index >= 15 is 0 Å². The number of carbonyl (C=O) groups excluding carboxylic acids is 3. The number of amides is 1. The number of ether oxygens (including phenoxy) is 5. The summed E-state index contributed by atoms with van der Waals surface area (Å²) in [6.07, 6.45) is -1.86. The van der Waals surface area contributed by atoms with Gasteiger partial charge in [0.15, 0.2) is 12.3 Å². The molecule has 0 radical (unpaired) electrons. The normalized spacial score (nSPS) is 13.3. The van der Waals surface area contributed by atoms with Crippen LogP contribution in [0, 0.1) is 0 Å². The molecule has 0 heterocycles. The Morgan fingerprint density at radius 2 is 1.67 bits per heavy atom. The van der Waals surface area contributed by atoms with Gasteiger partial charge < -0.3 is 33.8 Å². The molecule has 0 fully saturated rings. The predicted octanol–water partition coefficient (Wildman–Crippen LogP) is 2.59. The molecule has 1 rings (SSSR count). The molecular formula is C24H33NO8. The van der Waals surface area contributed by atoms with Gasteiger partial charge in [0.25, 0.3) is 0 Å². The molecule has 182 valence electrons. The van der Waals surface area contributed by atoms with Crippen molar-refractivity contribution in [2.24, 2.45) is 0 Å². The summed E-state index contributed by atoms with van der Waals surface area (Å²) in [4.78, 5) is 35.7. The second kappa shape index (κ2) is 15.7. The molecule has 0 aliphatic carbocycles. The molecule has 3 atom stereocenters. The van der Waals surface area contributed by atoms with E-state index < -0.39 is 30.3 Å². The fourth-order valence-electron chi connectivity index (χ4n) is 2.48. The van der Waals surface area contributed by atoms with Crippen LogP contribution in [0.5, 0.6) is 0 Å². The highest BCUT2D eigenvalue weighted by atomic mass is 16.6. The topological polar surface area (TPSA) is 109 Å². The molecule has 1 amide bonds. The van der Waals surface area contributed by atoms with E-state index in [-0.39, 0.29) is 33.0 Å². The second-order valence-electron chi connectivity index (χ2n) is 7.49. The zero-order valence-electron chi connectivity index (χ0n) is 19.4. The van der Waals surface area contributed by atoms with Gasteiger partial charge in [-0.05, 0) is 19.4 Å². The van der Waals surface area contributed by atoms with Gasteiger partial charge in [0, 0.05) is 0 Å². The summed E-state index contributed by atoms with van der Waals surface area (Å²) in [5.41, 5.74) is 2.29. The van der Waals surface area contributed by atoms with Crippen molar-refractivity contribution in [3.05, 3.63) is 60.2 Å². The van der Waals surface area contributed by atoms with Gasteiger partial charge in [0.05, 0.1) is 33.5 Å².